The molecule has 1 aromatic rings. The van der Waals surface area contributed by atoms with Gasteiger partial charge in [0, 0.05) is 0 Å². The summed E-state index contributed by atoms with van der Waals surface area (Å²) in [6, 6.07) is 3.01. The maximum absolute atomic E-state index is 13.6. The topological polar surface area (TPSA) is 59.1 Å². The predicted octanol–water partition coefficient (Wildman–Crippen LogP) is 2.21. The van der Waals surface area contributed by atoms with Crippen LogP contribution in [0.3, 0.4) is 0 Å². The minimum absolute atomic E-state index is 0.0584. The van der Waals surface area contributed by atoms with Gasteiger partial charge in [0.25, 0.3) is 0 Å². The van der Waals surface area contributed by atoms with Crippen molar-refractivity contribution in [1.82, 2.24) is 0 Å². The molecule has 0 bridgehead atoms. The lowest BCUT2D eigenvalue weighted by molar-refractivity contribution is 0.230. The average Bonchev–Trinajstić information content (AvgIpc) is 2.08. The Morgan fingerprint density at radius 2 is 2.07 bits per heavy atom. The summed E-state index contributed by atoms with van der Waals surface area (Å²) in [5.41, 5.74) is 6.39. The molecule has 15 heavy (non-hydrogen) atoms. The number of aryl methyl sites for hydroxylation is 1. The SMILES string of the molecule is Cc1cc(F)c(OC(C)C)c(C(=N)N)c1. The third-order valence-electron chi connectivity index (χ3n) is 1.83. The van der Waals surface area contributed by atoms with E-state index in [2.05, 4.69) is 0 Å². The lowest BCUT2D eigenvalue weighted by Crippen LogP contribution is -2.17. The number of hydrogen-bond donors (Lipinski definition) is 2. The van der Waals surface area contributed by atoms with Crippen LogP contribution in [0.2, 0.25) is 0 Å². The van der Waals surface area contributed by atoms with Crippen LogP contribution in [0.25, 0.3) is 0 Å². The molecule has 0 atom stereocenters. The molecule has 0 aliphatic carbocycles. The van der Waals surface area contributed by atoms with Gasteiger partial charge in [0.05, 0.1) is 11.7 Å². The molecule has 0 heterocycles. The van der Waals surface area contributed by atoms with Crippen LogP contribution in [0.5, 0.6) is 5.75 Å². The summed E-state index contributed by atoms with van der Waals surface area (Å²) >= 11 is 0. The summed E-state index contributed by atoms with van der Waals surface area (Å²) in [7, 11) is 0. The second-order valence-electron chi connectivity index (χ2n) is 3.70. The van der Waals surface area contributed by atoms with E-state index in [-0.39, 0.29) is 17.7 Å². The van der Waals surface area contributed by atoms with Crippen LogP contribution in [0, 0.1) is 18.2 Å². The zero-order valence-electron chi connectivity index (χ0n) is 9.10. The lowest BCUT2D eigenvalue weighted by atomic mass is 10.1. The molecule has 0 radical (unpaired) electrons. The van der Waals surface area contributed by atoms with Crippen molar-refractivity contribution >= 4 is 5.84 Å². The Labute approximate surface area is 88.6 Å². The van der Waals surface area contributed by atoms with Crippen LogP contribution in [0.4, 0.5) is 4.39 Å². The number of amidine groups is 1. The molecule has 0 fully saturated rings. The average molecular weight is 210 g/mol. The maximum atomic E-state index is 13.6. The highest BCUT2D eigenvalue weighted by molar-refractivity contribution is 5.97. The lowest BCUT2D eigenvalue weighted by Gasteiger charge is -2.15. The third kappa shape index (κ3) is 2.68. The van der Waals surface area contributed by atoms with Crippen molar-refractivity contribution < 1.29 is 9.13 Å². The van der Waals surface area contributed by atoms with Gasteiger partial charge in [-0.2, -0.15) is 0 Å². The number of benzene rings is 1. The van der Waals surface area contributed by atoms with Crippen molar-refractivity contribution in [3.63, 3.8) is 0 Å². The molecule has 3 nitrogen and oxygen atoms in total. The minimum atomic E-state index is -0.478. The van der Waals surface area contributed by atoms with Crippen molar-refractivity contribution in [2.24, 2.45) is 5.73 Å². The number of nitrogens with two attached hydrogens (primary N) is 1. The van der Waals surface area contributed by atoms with Crippen LogP contribution in [-0.4, -0.2) is 11.9 Å². The van der Waals surface area contributed by atoms with Gasteiger partial charge in [0.1, 0.15) is 5.84 Å². The van der Waals surface area contributed by atoms with E-state index in [0.717, 1.165) is 0 Å². The van der Waals surface area contributed by atoms with E-state index in [1.165, 1.54) is 6.07 Å². The van der Waals surface area contributed by atoms with Crippen molar-refractivity contribution in [3.8, 4) is 5.75 Å². The van der Waals surface area contributed by atoms with E-state index in [4.69, 9.17) is 15.9 Å². The van der Waals surface area contributed by atoms with E-state index in [9.17, 15) is 4.39 Å². The van der Waals surface area contributed by atoms with E-state index in [1.807, 2.05) is 0 Å². The van der Waals surface area contributed by atoms with Crippen LogP contribution in [-0.2, 0) is 0 Å². The normalized spacial score (nSPS) is 10.5. The number of ether oxygens (including phenoxy) is 1. The summed E-state index contributed by atoms with van der Waals surface area (Å²) in [6.07, 6.45) is -0.152. The van der Waals surface area contributed by atoms with Gasteiger partial charge in [-0.05, 0) is 38.5 Å². The highest BCUT2D eigenvalue weighted by Crippen LogP contribution is 2.25. The first-order valence-electron chi connectivity index (χ1n) is 4.73. The predicted molar refractivity (Wildman–Crippen MR) is 57.9 cm³/mol. The smallest absolute Gasteiger partial charge is 0.166 e. The fourth-order valence-electron chi connectivity index (χ4n) is 1.28. The Bertz CT molecular complexity index is 388. The minimum Gasteiger partial charge on any atom is -0.487 e. The number of halogens is 1. The molecule has 0 amide bonds. The molecular formula is C11H15FN2O. The Morgan fingerprint density at radius 1 is 1.47 bits per heavy atom. The fraction of sp³-hybridized carbons (Fsp3) is 0.364. The molecule has 3 N–H and O–H groups in total. The fourth-order valence-corrected chi connectivity index (χ4v) is 1.28. The highest BCUT2D eigenvalue weighted by Gasteiger charge is 2.14. The monoisotopic (exact) mass is 210 g/mol. The first-order chi connectivity index (χ1) is 6.91. The number of nitrogens with one attached hydrogen (secondary N) is 1. The van der Waals surface area contributed by atoms with Crippen LogP contribution in [0.15, 0.2) is 12.1 Å². The second-order valence-corrected chi connectivity index (χ2v) is 3.70. The molecule has 0 aliphatic rings. The van der Waals surface area contributed by atoms with Gasteiger partial charge >= 0.3 is 0 Å². The largest absolute Gasteiger partial charge is 0.487 e. The van der Waals surface area contributed by atoms with Gasteiger partial charge in [-0.15, -0.1) is 0 Å². The highest BCUT2D eigenvalue weighted by atomic mass is 19.1. The first-order valence-corrected chi connectivity index (χ1v) is 4.73. The first kappa shape index (κ1) is 11.5. The van der Waals surface area contributed by atoms with Crippen molar-refractivity contribution in [1.29, 1.82) is 5.41 Å². The van der Waals surface area contributed by atoms with E-state index in [0.29, 0.717) is 11.1 Å². The van der Waals surface area contributed by atoms with E-state index < -0.39 is 5.82 Å². The van der Waals surface area contributed by atoms with Crippen molar-refractivity contribution in [2.45, 2.75) is 26.9 Å². The van der Waals surface area contributed by atoms with Gasteiger partial charge in [0.15, 0.2) is 11.6 Å². The van der Waals surface area contributed by atoms with Gasteiger partial charge in [-0.3, -0.25) is 5.41 Å². The Hall–Kier alpha value is -1.58. The summed E-state index contributed by atoms with van der Waals surface area (Å²) in [6.45, 7) is 5.33. The number of rotatable bonds is 3. The molecule has 0 saturated carbocycles. The summed E-state index contributed by atoms with van der Waals surface area (Å²) in [5, 5.41) is 7.34. The quantitative estimate of drug-likeness (QED) is 0.593. The van der Waals surface area contributed by atoms with Crippen LogP contribution >= 0.6 is 0 Å². The molecular weight excluding hydrogens is 195 g/mol. The number of hydrogen-bond acceptors (Lipinski definition) is 2. The van der Waals surface area contributed by atoms with Crippen LogP contribution in [0.1, 0.15) is 25.0 Å². The van der Waals surface area contributed by atoms with Crippen molar-refractivity contribution in [2.75, 3.05) is 0 Å². The zero-order valence-corrected chi connectivity index (χ0v) is 9.10. The Balaban J connectivity index is 3.27. The maximum Gasteiger partial charge on any atom is 0.166 e. The standard InChI is InChI=1S/C11H15FN2O/c1-6(2)15-10-8(11(13)14)4-7(3)5-9(10)12/h4-6H,1-3H3,(H3,13,14). The van der Waals surface area contributed by atoms with Gasteiger partial charge < -0.3 is 10.5 Å². The molecule has 0 aromatic heterocycles. The summed E-state index contributed by atoms with van der Waals surface area (Å²) < 4.78 is 18.9. The van der Waals surface area contributed by atoms with Crippen molar-refractivity contribution in [3.05, 3.63) is 29.1 Å². The Kier molecular flexibility index (Phi) is 3.29. The third-order valence-corrected chi connectivity index (χ3v) is 1.83. The summed E-state index contributed by atoms with van der Waals surface area (Å²) in [5.74, 6) is -0.606. The molecule has 0 spiro atoms. The number of nitrogen functional groups attached to an aromatic ring is 1. The molecule has 0 aliphatic heterocycles. The molecule has 0 unspecified atom stereocenters. The summed E-state index contributed by atoms with van der Waals surface area (Å²) in [4.78, 5) is 0. The van der Waals surface area contributed by atoms with Gasteiger partial charge in [-0.25, -0.2) is 4.39 Å². The molecule has 0 saturated heterocycles. The molecule has 1 aromatic carbocycles. The Morgan fingerprint density at radius 3 is 2.53 bits per heavy atom. The molecule has 82 valence electrons. The van der Waals surface area contributed by atoms with Gasteiger partial charge in [0.2, 0.25) is 0 Å². The molecule has 4 heteroatoms. The van der Waals surface area contributed by atoms with E-state index in [1.54, 1.807) is 26.8 Å². The van der Waals surface area contributed by atoms with Crippen LogP contribution < -0.4 is 10.5 Å². The van der Waals surface area contributed by atoms with E-state index >= 15 is 0 Å². The molecule has 1 rings (SSSR count). The zero-order chi connectivity index (χ0) is 11.6. The van der Waals surface area contributed by atoms with Gasteiger partial charge in [-0.1, -0.05) is 0 Å². The second kappa shape index (κ2) is 4.29.